The molecule has 0 amide bonds. The maximum Gasteiger partial charge on any atom is 0.365 e. The zero-order valence-corrected chi connectivity index (χ0v) is 9.92. The molecule has 100 valence electrons. The van der Waals surface area contributed by atoms with Crippen LogP contribution in [0.1, 0.15) is 20.8 Å². The summed E-state index contributed by atoms with van der Waals surface area (Å²) in [6.07, 6.45) is 2.83. The Morgan fingerprint density at radius 2 is 1.75 bits per heavy atom. The fourth-order valence-corrected chi connectivity index (χ4v) is 1.38. The van der Waals surface area contributed by atoms with Gasteiger partial charge in [0, 0.05) is 12.3 Å². The van der Waals surface area contributed by atoms with E-state index >= 15 is 0 Å². The number of hydrogen-bond donors (Lipinski definition) is 0. The van der Waals surface area contributed by atoms with Gasteiger partial charge in [-0.05, 0) is 28.1 Å². The summed E-state index contributed by atoms with van der Waals surface area (Å²) in [6, 6.07) is 7.65. The average molecular weight is 273 g/mol. The van der Waals surface area contributed by atoms with Crippen molar-refractivity contribution in [1.82, 2.24) is 9.97 Å². The molecule has 0 N–H and O–H groups in total. The van der Waals surface area contributed by atoms with Crippen LogP contribution >= 0.6 is 0 Å². The molecule has 0 bridgehead atoms. The van der Waals surface area contributed by atoms with Gasteiger partial charge >= 0.3 is 17.8 Å². The standard InChI is InChI=1S/C7H3NO3.C5H4N2O2/c9-6-4-2-1-3-8-5(4)7(10)11-6;8-7(9)5-3-1-2-4-6-5/h1-3H;1-4H. The summed E-state index contributed by atoms with van der Waals surface area (Å²) in [5, 5.41) is 9.94. The van der Waals surface area contributed by atoms with Crippen LogP contribution in [-0.4, -0.2) is 26.8 Å². The molecule has 1 aliphatic rings. The van der Waals surface area contributed by atoms with E-state index in [1.54, 1.807) is 18.2 Å². The van der Waals surface area contributed by atoms with Crippen LogP contribution in [0.3, 0.4) is 0 Å². The lowest BCUT2D eigenvalue weighted by atomic mass is 10.2. The van der Waals surface area contributed by atoms with E-state index in [2.05, 4.69) is 14.7 Å². The number of carbonyl (C=O) groups is 2. The number of nitrogens with zero attached hydrogens (tertiary/aromatic N) is 3. The lowest BCUT2D eigenvalue weighted by molar-refractivity contribution is -0.389. The molecular weight excluding hydrogens is 266 g/mol. The molecule has 2 aromatic rings. The molecule has 2 aromatic heterocycles. The number of carbonyl (C=O) groups excluding carboxylic acids is 2. The Bertz CT molecular complexity index is 639. The Morgan fingerprint density at radius 3 is 2.30 bits per heavy atom. The van der Waals surface area contributed by atoms with Gasteiger partial charge in [0.1, 0.15) is 6.20 Å². The van der Waals surface area contributed by atoms with Crippen LogP contribution in [0.2, 0.25) is 0 Å². The summed E-state index contributed by atoms with van der Waals surface area (Å²) in [5.74, 6) is -1.39. The van der Waals surface area contributed by atoms with Gasteiger partial charge in [-0.15, -0.1) is 0 Å². The van der Waals surface area contributed by atoms with Crippen molar-refractivity contribution in [1.29, 1.82) is 0 Å². The molecular formula is C12H7N3O5. The van der Waals surface area contributed by atoms with Gasteiger partial charge in [0.15, 0.2) is 5.69 Å². The highest BCUT2D eigenvalue weighted by Gasteiger charge is 2.30. The van der Waals surface area contributed by atoms with Crippen LogP contribution in [0.15, 0.2) is 42.7 Å². The summed E-state index contributed by atoms with van der Waals surface area (Å²) in [4.78, 5) is 38.2. The van der Waals surface area contributed by atoms with Gasteiger partial charge in [0.2, 0.25) is 0 Å². The minimum Gasteiger partial charge on any atom is -0.384 e. The molecule has 0 fully saturated rings. The van der Waals surface area contributed by atoms with Crippen molar-refractivity contribution >= 4 is 17.8 Å². The van der Waals surface area contributed by atoms with E-state index in [1.165, 1.54) is 24.5 Å². The summed E-state index contributed by atoms with van der Waals surface area (Å²) in [5.41, 5.74) is 0.356. The predicted octanol–water partition coefficient (Wildman–Crippen LogP) is 1.38. The van der Waals surface area contributed by atoms with Crippen molar-refractivity contribution in [2.75, 3.05) is 0 Å². The molecule has 0 spiro atoms. The largest absolute Gasteiger partial charge is 0.384 e. The zero-order valence-electron chi connectivity index (χ0n) is 9.92. The lowest BCUT2D eigenvalue weighted by Crippen LogP contribution is -1.97. The fraction of sp³-hybridized carbons (Fsp3) is 0. The maximum atomic E-state index is 10.8. The Morgan fingerprint density at radius 1 is 1.00 bits per heavy atom. The topological polar surface area (TPSA) is 112 Å². The highest BCUT2D eigenvalue weighted by atomic mass is 16.6. The Balaban J connectivity index is 0.000000151. The van der Waals surface area contributed by atoms with Crippen LogP contribution in [0.5, 0.6) is 0 Å². The monoisotopic (exact) mass is 273 g/mol. The second-order valence-electron chi connectivity index (χ2n) is 3.52. The second-order valence-corrected chi connectivity index (χ2v) is 3.52. The van der Waals surface area contributed by atoms with Gasteiger partial charge in [0.25, 0.3) is 0 Å². The van der Waals surface area contributed by atoms with Crippen LogP contribution < -0.4 is 0 Å². The van der Waals surface area contributed by atoms with E-state index in [9.17, 15) is 19.7 Å². The molecule has 0 aromatic carbocycles. The summed E-state index contributed by atoms with van der Waals surface area (Å²) >= 11 is 0. The molecule has 0 saturated carbocycles. The number of nitro groups is 1. The second kappa shape index (κ2) is 5.65. The molecule has 20 heavy (non-hydrogen) atoms. The third-order valence-corrected chi connectivity index (χ3v) is 2.24. The van der Waals surface area contributed by atoms with Crippen molar-refractivity contribution < 1.29 is 19.2 Å². The number of cyclic esters (lactones) is 2. The van der Waals surface area contributed by atoms with E-state index in [0.29, 0.717) is 0 Å². The first-order valence-electron chi connectivity index (χ1n) is 5.36. The van der Waals surface area contributed by atoms with Crippen LogP contribution in [-0.2, 0) is 4.74 Å². The van der Waals surface area contributed by atoms with Crippen molar-refractivity contribution in [3.8, 4) is 0 Å². The maximum absolute atomic E-state index is 10.8. The van der Waals surface area contributed by atoms with E-state index < -0.39 is 16.9 Å². The summed E-state index contributed by atoms with van der Waals surface area (Å²) in [7, 11) is 0. The molecule has 1 aliphatic heterocycles. The number of hydrogen-bond acceptors (Lipinski definition) is 7. The summed E-state index contributed by atoms with van der Waals surface area (Å²) in [6.45, 7) is 0. The molecule has 8 nitrogen and oxygen atoms in total. The van der Waals surface area contributed by atoms with Gasteiger partial charge < -0.3 is 14.9 Å². The molecule has 0 radical (unpaired) electrons. The Hall–Kier alpha value is -3.16. The van der Waals surface area contributed by atoms with Gasteiger partial charge in [-0.25, -0.2) is 14.6 Å². The molecule has 0 saturated heterocycles. The minimum atomic E-state index is -0.661. The highest BCUT2D eigenvalue weighted by Crippen LogP contribution is 2.15. The molecule has 8 heteroatoms. The van der Waals surface area contributed by atoms with Crippen molar-refractivity contribution in [3.05, 3.63) is 64.1 Å². The van der Waals surface area contributed by atoms with Crippen LogP contribution in [0, 0.1) is 10.1 Å². The van der Waals surface area contributed by atoms with E-state index in [4.69, 9.17) is 0 Å². The lowest BCUT2D eigenvalue weighted by Gasteiger charge is -1.86. The van der Waals surface area contributed by atoms with Gasteiger partial charge in [-0.3, -0.25) is 0 Å². The van der Waals surface area contributed by atoms with Gasteiger partial charge in [0.05, 0.1) is 5.56 Å². The summed E-state index contributed by atoms with van der Waals surface area (Å²) < 4.78 is 4.29. The van der Waals surface area contributed by atoms with Gasteiger partial charge in [-0.2, -0.15) is 0 Å². The predicted molar refractivity (Wildman–Crippen MR) is 64.9 cm³/mol. The molecule has 0 unspecified atom stereocenters. The number of pyridine rings is 2. The average Bonchev–Trinajstić information content (AvgIpc) is 2.76. The Labute approximate surface area is 112 Å². The smallest absolute Gasteiger partial charge is 0.365 e. The number of fused-ring (bicyclic) bond motifs is 1. The first-order valence-corrected chi connectivity index (χ1v) is 5.36. The normalized spacial score (nSPS) is 12.0. The fourth-order valence-electron chi connectivity index (χ4n) is 1.38. The zero-order chi connectivity index (χ0) is 14.5. The SMILES string of the molecule is O=C1OC(=O)c2ncccc21.O=[N+]([O-])c1ccccn1. The number of aromatic nitrogens is 2. The Kier molecular flexibility index (Phi) is 3.75. The molecule has 0 atom stereocenters. The number of ether oxygens (including phenoxy) is 1. The van der Waals surface area contributed by atoms with Crippen molar-refractivity contribution in [3.63, 3.8) is 0 Å². The van der Waals surface area contributed by atoms with Crippen molar-refractivity contribution in [2.45, 2.75) is 0 Å². The third-order valence-electron chi connectivity index (χ3n) is 2.24. The van der Waals surface area contributed by atoms with Crippen LogP contribution in [0.4, 0.5) is 5.82 Å². The van der Waals surface area contributed by atoms with E-state index in [1.807, 2.05) is 0 Å². The number of esters is 2. The first-order chi connectivity index (χ1) is 9.59. The van der Waals surface area contributed by atoms with Crippen molar-refractivity contribution in [2.24, 2.45) is 0 Å². The van der Waals surface area contributed by atoms with E-state index in [0.717, 1.165) is 0 Å². The number of rotatable bonds is 1. The molecule has 3 heterocycles. The van der Waals surface area contributed by atoms with E-state index in [-0.39, 0.29) is 17.1 Å². The third kappa shape index (κ3) is 2.80. The molecule has 0 aliphatic carbocycles. The highest BCUT2D eigenvalue weighted by molar-refractivity contribution is 6.13. The minimum absolute atomic E-state index is 0.109. The molecule has 3 rings (SSSR count). The van der Waals surface area contributed by atoms with Gasteiger partial charge in [-0.1, -0.05) is 6.07 Å². The van der Waals surface area contributed by atoms with Crippen LogP contribution in [0.25, 0.3) is 0 Å². The first kappa shape index (κ1) is 13.3. The quantitative estimate of drug-likeness (QED) is 0.334.